The Kier molecular flexibility index (Phi) is 15.9. The van der Waals surface area contributed by atoms with Crippen molar-refractivity contribution in [2.75, 3.05) is 20.8 Å². The Morgan fingerprint density at radius 2 is 1.09 bits per heavy atom. The SMILES string of the molecule is COc1c(OC(=O)c2cccnc2)c(C)c(CCCCCCCCCCOC(c2ccccc2)(c2ccccc2)c2ccccc2)c(OC(=O)OC(C)(C)C)c1OC. The third-order valence-electron chi connectivity index (χ3n) is 9.94. The zero-order valence-electron chi connectivity index (χ0n) is 34.8. The fourth-order valence-corrected chi connectivity index (χ4v) is 7.17. The minimum absolute atomic E-state index is 0.135. The molecule has 0 N–H and O–H groups in total. The molecule has 1 heterocycles. The molecule has 9 nitrogen and oxygen atoms in total. The minimum atomic E-state index is -0.870. The Bertz CT molecular complexity index is 1930. The lowest BCUT2D eigenvalue weighted by Crippen LogP contribution is -2.33. The topological polar surface area (TPSA) is 102 Å². The number of carbonyl (C=O) groups excluding carboxylic acids is 2. The third-order valence-corrected chi connectivity index (χ3v) is 9.94. The fraction of sp³-hybridized carbons (Fsp3) is 0.367. The Morgan fingerprint density at radius 1 is 0.586 bits per heavy atom. The van der Waals surface area contributed by atoms with Crippen LogP contribution in [0.25, 0.3) is 0 Å². The summed E-state index contributed by atoms with van der Waals surface area (Å²) in [6.07, 6.45) is 10.9. The summed E-state index contributed by atoms with van der Waals surface area (Å²) >= 11 is 0. The van der Waals surface area contributed by atoms with Crippen molar-refractivity contribution >= 4 is 12.1 Å². The van der Waals surface area contributed by atoms with Crippen LogP contribution in [0.1, 0.15) is 110 Å². The van der Waals surface area contributed by atoms with Crippen molar-refractivity contribution in [3.63, 3.8) is 0 Å². The zero-order valence-corrected chi connectivity index (χ0v) is 34.8. The fourth-order valence-electron chi connectivity index (χ4n) is 7.17. The van der Waals surface area contributed by atoms with Gasteiger partial charge in [0.25, 0.3) is 0 Å². The number of ether oxygens (including phenoxy) is 6. The van der Waals surface area contributed by atoms with Crippen molar-refractivity contribution in [3.8, 4) is 23.0 Å². The van der Waals surface area contributed by atoms with Crippen LogP contribution in [0.3, 0.4) is 0 Å². The van der Waals surface area contributed by atoms with Gasteiger partial charge in [-0.25, -0.2) is 9.59 Å². The lowest BCUT2D eigenvalue weighted by Gasteiger charge is -2.36. The maximum atomic E-state index is 13.2. The highest BCUT2D eigenvalue weighted by Crippen LogP contribution is 2.50. The molecule has 0 aliphatic carbocycles. The summed E-state index contributed by atoms with van der Waals surface area (Å²) in [7, 11) is 2.89. The monoisotopic (exact) mass is 787 g/mol. The number of hydrogen-bond donors (Lipinski definition) is 0. The van der Waals surface area contributed by atoms with Crippen LogP contribution in [0.4, 0.5) is 4.79 Å². The summed E-state index contributed by atoms with van der Waals surface area (Å²) in [4.78, 5) is 30.1. The second kappa shape index (κ2) is 21.2. The van der Waals surface area contributed by atoms with E-state index in [0.29, 0.717) is 24.2 Å². The highest BCUT2D eigenvalue weighted by atomic mass is 16.7. The summed E-state index contributed by atoms with van der Waals surface area (Å²) in [5.41, 5.74) is 3.43. The van der Waals surface area contributed by atoms with Crippen LogP contribution in [0, 0.1) is 6.92 Å². The molecule has 0 atom stereocenters. The van der Waals surface area contributed by atoms with Crippen LogP contribution in [0.5, 0.6) is 23.0 Å². The zero-order chi connectivity index (χ0) is 41.4. The molecule has 0 radical (unpaired) electrons. The molecule has 0 unspecified atom stereocenters. The van der Waals surface area contributed by atoms with Crippen molar-refractivity contribution in [2.24, 2.45) is 0 Å². The van der Waals surface area contributed by atoms with Crippen LogP contribution >= 0.6 is 0 Å². The smallest absolute Gasteiger partial charge is 0.490 e. The second-order valence-electron chi connectivity index (χ2n) is 15.2. The number of unbranched alkanes of at least 4 members (excludes halogenated alkanes) is 7. The number of esters is 1. The molecule has 4 aromatic carbocycles. The van der Waals surface area contributed by atoms with Crippen molar-refractivity contribution < 1.29 is 38.0 Å². The highest BCUT2D eigenvalue weighted by molar-refractivity contribution is 5.91. The molecule has 5 rings (SSSR count). The number of methoxy groups -OCH3 is 2. The van der Waals surface area contributed by atoms with E-state index in [9.17, 15) is 9.59 Å². The standard InChI is InChI=1S/C49H57NO8/c1-36-41(43(57-47(52)58-48(2,3)4)45(54-6)44(53-5)42(36)56-46(51)37-25-24-33-50-35-37)32-22-11-9-7-8-10-12-23-34-55-49(38-26-16-13-17-27-38,39-28-18-14-19-29-39)40-30-20-15-21-31-40/h13-21,24-31,33,35H,7-12,22-23,32,34H2,1-6H3. The summed E-state index contributed by atoms with van der Waals surface area (Å²) in [6, 6.07) is 34.8. The predicted molar refractivity (Wildman–Crippen MR) is 226 cm³/mol. The number of nitrogens with zero attached hydrogens (tertiary/aromatic N) is 1. The van der Waals surface area contributed by atoms with Gasteiger partial charge in [-0.1, -0.05) is 130 Å². The van der Waals surface area contributed by atoms with Gasteiger partial charge in [0.15, 0.2) is 11.5 Å². The first-order chi connectivity index (χ1) is 28.1. The normalized spacial score (nSPS) is 11.5. The van der Waals surface area contributed by atoms with Gasteiger partial charge >= 0.3 is 12.1 Å². The molecule has 0 aliphatic rings. The first-order valence-electron chi connectivity index (χ1n) is 20.2. The molecule has 0 saturated carbocycles. The van der Waals surface area contributed by atoms with Gasteiger partial charge in [0.2, 0.25) is 11.5 Å². The lowest BCUT2D eigenvalue weighted by molar-refractivity contribution is 0.0106. The van der Waals surface area contributed by atoms with E-state index in [0.717, 1.165) is 68.1 Å². The van der Waals surface area contributed by atoms with E-state index in [2.05, 4.69) is 77.8 Å². The Morgan fingerprint density at radius 3 is 1.57 bits per heavy atom. The van der Waals surface area contributed by atoms with Gasteiger partial charge in [-0.05, 0) is 75.8 Å². The summed E-state index contributed by atoms with van der Waals surface area (Å²) in [5, 5.41) is 0. The predicted octanol–water partition coefficient (Wildman–Crippen LogP) is 11.6. The maximum absolute atomic E-state index is 13.2. The van der Waals surface area contributed by atoms with E-state index in [1.807, 2.05) is 25.1 Å². The van der Waals surface area contributed by atoms with Crippen molar-refractivity contribution in [1.82, 2.24) is 4.98 Å². The molecular weight excluding hydrogens is 731 g/mol. The highest BCUT2D eigenvalue weighted by Gasteiger charge is 2.37. The minimum Gasteiger partial charge on any atom is -0.490 e. The maximum Gasteiger partial charge on any atom is 0.514 e. The molecule has 0 aliphatic heterocycles. The summed E-state index contributed by atoms with van der Waals surface area (Å²) in [6.45, 7) is 7.75. The molecule has 58 heavy (non-hydrogen) atoms. The molecule has 0 spiro atoms. The van der Waals surface area contributed by atoms with Crippen LogP contribution in [-0.2, 0) is 21.5 Å². The largest absolute Gasteiger partial charge is 0.514 e. The van der Waals surface area contributed by atoms with Crippen molar-refractivity contribution in [1.29, 1.82) is 0 Å². The Balaban J connectivity index is 1.18. The van der Waals surface area contributed by atoms with Crippen LogP contribution in [0.2, 0.25) is 0 Å². The van der Waals surface area contributed by atoms with Gasteiger partial charge in [0.1, 0.15) is 11.2 Å². The molecule has 0 bridgehead atoms. The first-order valence-corrected chi connectivity index (χ1v) is 20.2. The van der Waals surface area contributed by atoms with Crippen molar-refractivity contribution in [2.45, 2.75) is 96.7 Å². The number of pyridine rings is 1. The van der Waals surface area contributed by atoms with E-state index < -0.39 is 23.3 Å². The molecule has 0 saturated heterocycles. The molecule has 5 aromatic rings. The van der Waals surface area contributed by atoms with Gasteiger partial charge in [0, 0.05) is 30.1 Å². The summed E-state index contributed by atoms with van der Waals surface area (Å²) in [5.74, 6) is 0.0525. The number of benzene rings is 4. The van der Waals surface area contributed by atoms with E-state index in [1.165, 1.54) is 20.4 Å². The molecule has 1 aromatic heterocycles. The van der Waals surface area contributed by atoms with E-state index in [-0.39, 0.29) is 28.6 Å². The quantitative estimate of drug-likeness (QED) is 0.0251. The number of hydrogen-bond acceptors (Lipinski definition) is 9. The van der Waals surface area contributed by atoms with E-state index >= 15 is 0 Å². The van der Waals surface area contributed by atoms with Gasteiger partial charge in [-0.3, -0.25) is 4.98 Å². The number of aromatic nitrogens is 1. The lowest BCUT2D eigenvalue weighted by atomic mass is 9.80. The van der Waals surface area contributed by atoms with Gasteiger partial charge in [-0.2, -0.15) is 0 Å². The van der Waals surface area contributed by atoms with Crippen LogP contribution in [0.15, 0.2) is 116 Å². The average molecular weight is 788 g/mol. The molecular formula is C49H57NO8. The van der Waals surface area contributed by atoms with E-state index in [1.54, 1.807) is 39.1 Å². The van der Waals surface area contributed by atoms with Gasteiger partial charge in [-0.15, -0.1) is 0 Å². The van der Waals surface area contributed by atoms with Gasteiger partial charge in [0.05, 0.1) is 19.8 Å². The Hall–Kier alpha value is -5.67. The molecule has 0 fully saturated rings. The summed E-state index contributed by atoms with van der Waals surface area (Å²) < 4.78 is 35.6. The number of carbonyl (C=O) groups is 2. The third kappa shape index (κ3) is 11.3. The van der Waals surface area contributed by atoms with Crippen LogP contribution in [-0.4, -0.2) is 43.5 Å². The number of rotatable bonds is 20. The Labute approximate surface area is 343 Å². The molecule has 0 amide bonds. The van der Waals surface area contributed by atoms with E-state index in [4.69, 9.17) is 28.4 Å². The van der Waals surface area contributed by atoms with Crippen molar-refractivity contribution in [3.05, 3.63) is 149 Å². The first kappa shape index (κ1) is 43.5. The second-order valence-corrected chi connectivity index (χ2v) is 15.2. The average Bonchev–Trinajstić information content (AvgIpc) is 3.23. The van der Waals surface area contributed by atoms with Crippen LogP contribution < -0.4 is 18.9 Å². The van der Waals surface area contributed by atoms with Gasteiger partial charge < -0.3 is 28.4 Å². The molecule has 9 heteroatoms. The molecule has 306 valence electrons.